The van der Waals surface area contributed by atoms with Crippen LogP contribution in [-0.2, 0) is 0 Å². The van der Waals surface area contributed by atoms with Gasteiger partial charge in [-0.05, 0) is 30.6 Å². The zero-order valence-electron chi connectivity index (χ0n) is 12.1. The van der Waals surface area contributed by atoms with Crippen molar-refractivity contribution in [1.82, 2.24) is 0 Å². The molecule has 0 amide bonds. The Morgan fingerprint density at radius 2 is 1.56 bits per heavy atom. The van der Waals surface area contributed by atoms with Gasteiger partial charge in [0, 0.05) is 0 Å². The van der Waals surface area contributed by atoms with E-state index in [0.717, 1.165) is 17.8 Å². The van der Waals surface area contributed by atoms with Crippen LogP contribution in [0.15, 0.2) is 12.2 Å². The van der Waals surface area contributed by atoms with Crippen LogP contribution in [0.3, 0.4) is 0 Å². The second kappa shape index (κ2) is 9.93. The molecular weight excluding hydrogens is 192 g/mol. The Balaban J connectivity index is 4.09. The van der Waals surface area contributed by atoms with E-state index in [1.54, 1.807) is 0 Å². The van der Waals surface area contributed by atoms with Gasteiger partial charge in [-0.3, -0.25) is 0 Å². The van der Waals surface area contributed by atoms with E-state index in [4.69, 9.17) is 0 Å². The molecular formula is C16H32. The maximum absolute atomic E-state index is 2.50. The van der Waals surface area contributed by atoms with E-state index in [1.165, 1.54) is 38.5 Å². The quantitative estimate of drug-likeness (QED) is 0.432. The fourth-order valence-corrected chi connectivity index (χ4v) is 2.07. The van der Waals surface area contributed by atoms with Gasteiger partial charge in [-0.1, -0.05) is 72.5 Å². The Morgan fingerprint density at radius 1 is 0.875 bits per heavy atom. The third kappa shape index (κ3) is 7.09. The van der Waals surface area contributed by atoms with Crippen molar-refractivity contribution >= 4 is 0 Å². The van der Waals surface area contributed by atoms with Crippen molar-refractivity contribution in [2.75, 3.05) is 0 Å². The maximum Gasteiger partial charge on any atom is -0.0234 e. The Labute approximate surface area is 104 Å². The van der Waals surface area contributed by atoms with E-state index in [0.29, 0.717) is 0 Å². The van der Waals surface area contributed by atoms with Gasteiger partial charge in [0.1, 0.15) is 0 Å². The lowest BCUT2D eigenvalue weighted by Gasteiger charge is -2.16. The Bertz CT molecular complexity index is 169. The van der Waals surface area contributed by atoms with Crippen molar-refractivity contribution < 1.29 is 0 Å². The van der Waals surface area contributed by atoms with Crippen LogP contribution in [0, 0.1) is 17.8 Å². The zero-order valence-corrected chi connectivity index (χ0v) is 12.1. The maximum atomic E-state index is 2.50. The lowest BCUT2D eigenvalue weighted by Crippen LogP contribution is -2.04. The van der Waals surface area contributed by atoms with E-state index in [1.807, 2.05) is 0 Å². The van der Waals surface area contributed by atoms with Crippen LogP contribution < -0.4 is 0 Å². The number of hydrogen-bond acceptors (Lipinski definition) is 0. The second-order valence-corrected chi connectivity index (χ2v) is 5.32. The second-order valence-electron chi connectivity index (χ2n) is 5.32. The zero-order chi connectivity index (χ0) is 12.4. The van der Waals surface area contributed by atoms with E-state index < -0.39 is 0 Å². The number of unbranched alkanes of at least 4 members (excludes halogenated alkanes) is 1. The van der Waals surface area contributed by atoms with Gasteiger partial charge in [0.05, 0.1) is 0 Å². The van der Waals surface area contributed by atoms with E-state index >= 15 is 0 Å². The lowest BCUT2D eigenvalue weighted by molar-refractivity contribution is 0.439. The average Bonchev–Trinajstić information content (AvgIpc) is 2.31. The SMILES string of the molecule is CCCCC(C=CC(C)C(C)CC)CCC. The third-order valence-corrected chi connectivity index (χ3v) is 3.82. The largest absolute Gasteiger partial charge is 0.0852 e. The smallest absolute Gasteiger partial charge is 0.0234 e. The summed E-state index contributed by atoms with van der Waals surface area (Å²) >= 11 is 0. The first-order valence-electron chi connectivity index (χ1n) is 7.33. The van der Waals surface area contributed by atoms with Crippen molar-refractivity contribution in [2.24, 2.45) is 17.8 Å². The van der Waals surface area contributed by atoms with Crippen LogP contribution in [0.2, 0.25) is 0 Å². The van der Waals surface area contributed by atoms with Crippen LogP contribution in [0.5, 0.6) is 0 Å². The monoisotopic (exact) mass is 224 g/mol. The van der Waals surface area contributed by atoms with E-state index in [-0.39, 0.29) is 0 Å². The Hall–Kier alpha value is -0.260. The van der Waals surface area contributed by atoms with Crippen LogP contribution >= 0.6 is 0 Å². The van der Waals surface area contributed by atoms with Gasteiger partial charge in [-0.25, -0.2) is 0 Å². The molecule has 0 aliphatic rings. The molecule has 0 aliphatic carbocycles. The minimum absolute atomic E-state index is 0.742. The molecule has 0 aromatic heterocycles. The van der Waals surface area contributed by atoms with Gasteiger partial charge in [0.2, 0.25) is 0 Å². The average molecular weight is 224 g/mol. The molecule has 16 heavy (non-hydrogen) atoms. The summed E-state index contributed by atoms with van der Waals surface area (Å²) in [5.41, 5.74) is 0. The normalized spacial score (nSPS) is 17.6. The van der Waals surface area contributed by atoms with Crippen LogP contribution in [0.1, 0.15) is 73.1 Å². The summed E-state index contributed by atoms with van der Waals surface area (Å²) in [5, 5.41) is 0. The molecule has 0 aromatic carbocycles. The minimum Gasteiger partial charge on any atom is -0.0852 e. The highest BCUT2D eigenvalue weighted by atomic mass is 14.1. The molecule has 0 aliphatic heterocycles. The summed E-state index contributed by atoms with van der Waals surface area (Å²) in [7, 11) is 0. The van der Waals surface area contributed by atoms with Gasteiger partial charge in [-0.15, -0.1) is 0 Å². The summed E-state index contributed by atoms with van der Waals surface area (Å²) in [6.07, 6.45) is 13.0. The predicted octanol–water partition coefficient (Wildman–Crippen LogP) is 5.83. The molecule has 0 radical (unpaired) electrons. The fraction of sp³-hybridized carbons (Fsp3) is 0.875. The third-order valence-electron chi connectivity index (χ3n) is 3.82. The van der Waals surface area contributed by atoms with Gasteiger partial charge in [-0.2, -0.15) is 0 Å². The first-order chi connectivity index (χ1) is 7.65. The number of rotatable bonds is 9. The van der Waals surface area contributed by atoms with Crippen molar-refractivity contribution in [3.8, 4) is 0 Å². The molecule has 0 N–H and O–H groups in total. The Kier molecular flexibility index (Phi) is 9.77. The topological polar surface area (TPSA) is 0 Å². The number of hydrogen-bond donors (Lipinski definition) is 0. The van der Waals surface area contributed by atoms with Crippen molar-refractivity contribution in [3.63, 3.8) is 0 Å². The van der Waals surface area contributed by atoms with E-state index in [2.05, 4.69) is 46.8 Å². The van der Waals surface area contributed by atoms with Gasteiger partial charge >= 0.3 is 0 Å². The highest BCUT2D eigenvalue weighted by molar-refractivity contribution is 4.92. The summed E-state index contributed by atoms with van der Waals surface area (Å²) in [6, 6.07) is 0. The molecule has 0 aromatic rings. The van der Waals surface area contributed by atoms with E-state index in [9.17, 15) is 0 Å². The van der Waals surface area contributed by atoms with Crippen LogP contribution in [0.4, 0.5) is 0 Å². The van der Waals surface area contributed by atoms with Crippen LogP contribution in [-0.4, -0.2) is 0 Å². The molecule has 3 unspecified atom stereocenters. The number of allylic oxidation sites excluding steroid dienone is 2. The van der Waals surface area contributed by atoms with Gasteiger partial charge < -0.3 is 0 Å². The molecule has 0 rings (SSSR count). The summed E-state index contributed by atoms with van der Waals surface area (Å²) in [5.74, 6) is 2.40. The van der Waals surface area contributed by atoms with Gasteiger partial charge in [0.25, 0.3) is 0 Å². The molecule has 0 fully saturated rings. The molecule has 0 nitrogen and oxygen atoms in total. The highest BCUT2D eigenvalue weighted by Crippen LogP contribution is 2.20. The summed E-state index contributed by atoms with van der Waals surface area (Å²) in [6.45, 7) is 11.6. The fourth-order valence-electron chi connectivity index (χ4n) is 2.07. The molecule has 0 bridgehead atoms. The summed E-state index contributed by atoms with van der Waals surface area (Å²) < 4.78 is 0. The highest BCUT2D eigenvalue weighted by Gasteiger charge is 2.08. The molecule has 0 saturated carbocycles. The molecule has 0 heteroatoms. The minimum atomic E-state index is 0.742. The van der Waals surface area contributed by atoms with Crippen molar-refractivity contribution in [1.29, 1.82) is 0 Å². The predicted molar refractivity (Wildman–Crippen MR) is 75.7 cm³/mol. The molecule has 0 spiro atoms. The first kappa shape index (κ1) is 15.7. The molecule has 0 heterocycles. The standard InChI is InChI=1S/C16H32/c1-6-9-11-16(10-7-2)13-12-15(5)14(4)8-3/h12-16H,6-11H2,1-5H3. The lowest BCUT2D eigenvalue weighted by atomic mass is 9.90. The van der Waals surface area contributed by atoms with Crippen molar-refractivity contribution in [2.45, 2.75) is 73.1 Å². The Morgan fingerprint density at radius 3 is 2.06 bits per heavy atom. The first-order valence-corrected chi connectivity index (χ1v) is 7.33. The molecule has 0 saturated heterocycles. The molecule has 96 valence electrons. The molecule has 3 atom stereocenters. The van der Waals surface area contributed by atoms with Crippen molar-refractivity contribution in [3.05, 3.63) is 12.2 Å². The van der Waals surface area contributed by atoms with Crippen LogP contribution in [0.25, 0.3) is 0 Å². The van der Waals surface area contributed by atoms with Gasteiger partial charge in [0.15, 0.2) is 0 Å². The summed E-state index contributed by atoms with van der Waals surface area (Å²) in [4.78, 5) is 0.